The summed E-state index contributed by atoms with van der Waals surface area (Å²) in [5.41, 5.74) is 0. The molecule has 2 rings (SSSR count). The zero-order valence-electron chi connectivity index (χ0n) is 30.2. The van der Waals surface area contributed by atoms with Crippen molar-refractivity contribution in [3.63, 3.8) is 0 Å². The lowest BCUT2D eigenvalue weighted by Crippen LogP contribution is -2.21. The van der Waals surface area contributed by atoms with Crippen molar-refractivity contribution >= 4 is 63.6 Å². The maximum atomic E-state index is 13.1. The standard InChI is InChI=1S/C40H56O11/c41-30-8-5-9-31(42)11-13-35(46)22-24-39(50)29-7-4-2-1-3-6-28(40(51)25-23-36(47)19-21-38(49)27-29)26-37(48)20-18-34(45)17-16-33(44)15-14-32(43)12-10-30/h28-29H,1-27H2. The summed E-state index contributed by atoms with van der Waals surface area (Å²) in [6.07, 6.45) is 3.72. The molecule has 282 valence electrons. The first-order valence-corrected chi connectivity index (χ1v) is 19.0. The highest BCUT2D eigenvalue weighted by molar-refractivity contribution is 5.95. The second-order valence-electron chi connectivity index (χ2n) is 14.4. The van der Waals surface area contributed by atoms with Crippen LogP contribution in [-0.2, 0) is 52.7 Å². The van der Waals surface area contributed by atoms with Crippen LogP contribution >= 0.6 is 0 Å². The Bertz CT molecular complexity index is 1310. The first kappa shape index (κ1) is 43.5. The molecule has 0 radical (unpaired) electrons. The van der Waals surface area contributed by atoms with Gasteiger partial charge in [0.1, 0.15) is 63.6 Å². The van der Waals surface area contributed by atoms with Crippen LogP contribution in [0.1, 0.15) is 173 Å². The molecule has 0 aromatic heterocycles. The van der Waals surface area contributed by atoms with Gasteiger partial charge < -0.3 is 0 Å². The molecule has 2 aliphatic rings. The van der Waals surface area contributed by atoms with E-state index < -0.39 is 11.8 Å². The molecule has 0 spiro atoms. The van der Waals surface area contributed by atoms with Crippen molar-refractivity contribution in [1.29, 1.82) is 0 Å². The molecule has 0 amide bonds. The van der Waals surface area contributed by atoms with Gasteiger partial charge in [0.2, 0.25) is 0 Å². The highest BCUT2D eigenvalue weighted by Crippen LogP contribution is 2.24. The van der Waals surface area contributed by atoms with Gasteiger partial charge in [0.15, 0.2) is 0 Å². The van der Waals surface area contributed by atoms with Crippen molar-refractivity contribution in [1.82, 2.24) is 0 Å². The normalized spacial score (nSPS) is 25.1. The molecule has 11 nitrogen and oxygen atoms in total. The molecule has 2 bridgehead atoms. The highest BCUT2D eigenvalue weighted by Gasteiger charge is 2.25. The Hall–Kier alpha value is -3.63. The van der Waals surface area contributed by atoms with Crippen LogP contribution in [0.25, 0.3) is 0 Å². The summed E-state index contributed by atoms with van der Waals surface area (Å²) in [6, 6.07) is 0. The smallest absolute Gasteiger partial charge is 0.136 e. The number of hydrogen-bond acceptors (Lipinski definition) is 11. The van der Waals surface area contributed by atoms with E-state index in [2.05, 4.69) is 0 Å². The average molecular weight is 713 g/mol. The molecule has 2 unspecified atom stereocenters. The first-order chi connectivity index (χ1) is 24.3. The fourth-order valence-electron chi connectivity index (χ4n) is 6.61. The van der Waals surface area contributed by atoms with E-state index in [1.807, 2.05) is 0 Å². The Balaban J connectivity index is 2.11. The molecule has 2 aliphatic carbocycles. The van der Waals surface area contributed by atoms with Crippen LogP contribution in [0.4, 0.5) is 0 Å². The van der Waals surface area contributed by atoms with Crippen LogP contribution in [0.5, 0.6) is 0 Å². The summed E-state index contributed by atoms with van der Waals surface area (Å²) in [4.78, 5) is 138. The molecule has 0 aromatic rings. The lowest BCUT2D eigenvalue weighted by Gasteiger charge is -2.17. The number of Topliss-reactive ketones (excluding diaryl/α,β-unsaturated/α-hetero) is 11. The van der Waals surface area contributed by atoms with E-state index in [1.54, 1.807) is 0 Å². The Morgan fingerprint density at radius 3 is 0.765 bits per heavy atom. The van der Waals surface area contributed by atoms with E-state index in [0.717, 1.165) is 12.8 Å². The largest absolute Gasteiger partial charge is 0.300 e. The Kier molecular flexibility index (Phi) is 20.9. The number of carbonyl (C=O) groups is 11. The number of rotatable bonds is 0. The molecule has 2 atom stereocenters. The number of carbonyl (C=O) groups excluding carboxylic acids is 11. The van der Waals surface area contributed by atoms with Crippen LogP contribution < -0.4 is 0 Å². The minimum atomic E-state index is -0.583. The summed E-state index contributed by atoms with van der Waals surface area (Å²) >= 11 is 0. The van der Waals surface area contributed by atoms with Crippen molar-refractivity contribution in [2.24, 2.45) is 11.8 Å². The van der Waals surface area contributed by atoms with Crippen LogP contribution in [0, 0.1) is 11.8 Å². The zero-order valence-corrected chi connectivity index (χ0v) is 30.2. The summed E-state index contributed by atoms with van der Waals surface area (Å²) in [6.45, 7) is 0. The minimum absolute atomic E-state index is 0.00635. The van der Waals surface area contributed by atoms with Gasteiger partial charge in [0, 0.05) is 140 Å². The molecule has 0 N–H and O–H groups in total. The van der Waals surface area contributed by atoms with Crippen molar-refractivity contribution in [2.75, 3.05) is 0 Å². The van der Waals surface area contributed by atoms with Gasteiger partial charge in [-0.2, -0.15) is 0 Å². The average Bonchev–Trinajstić information content (AvgIpc) is 3.10. The van der Waals surface area contributed by atoms with Crippen molar-refractivity contribution < 1.29 is 52.7 Å². The van der Waals surface area contributed by atoms with Crippen molar-refractivity contribution in [3.8, 4) is 0 Å². The molecule has 0 saturated heterocycles. The van der Waals surface area contributed by atoms with Gasteiger partial charge in [-0.3, -0.25) is 52.7 Å². The highest BCUT2D eigenvalue weighted by atomic mass is 16.2. The summed E-state index contributed by atoms with van der Waals surface area (Å²) in [5, 5.41) is 0. The zero-order chi connectivity index (χ0) is 37.6. The van der Waals surface area contributed by atoms with Crippen LogP contribution in [-0.4, -0.2) is 63.6 Å². The predicted molar refractivity (Wildman–Crippen MR) is 187 cm³/mol. The molecule has 11 heteroatoms. The van der Waals surface area contributed by atoms with E-state index in [-0.39, 0.29) is 192 Å². The molecule has 0 aromatic carbocycles. The van der Waals surface area contributed by atoms with Gasteiger partial charge in [-0.05, 0) is 19.3 Å². The van der Waals surface area contributed by atoms with Gasteiger partial charge in [-0.15, -0.1) is 0 Å². The van der Waals surface area contributed by atoms with E-state index >= 15 is 0 Å². The third-order valence-corrected chi connectivity index (χ3v) is 10.0. The van der Waals surface area contributed by atoms with Crippen LogP contribution in [0.3, 0.4) is 0 Å². The van der Waals surface area contributed by atoms with Crippen molar-refractivity contribution in [3.05, 3.63) is 0 Å². The van der Waals surface area contributed by atoms with Gasteiger partial charge in [-0.1, -0.05) is 25.7 Å². The third kappa shape index (κ3) is 20.1. The molecular weight excluding hydrogens is 656 g/mol. The van der Waals surface area contributed by atoms with Gasteiger partial charge in [0.25, 0.3) is 0 Å². The summed E-state index contributed by atoms with van der Waals surface area (Å²) in [7, 11) is 0. The number of ketones is 11. The predicted octanol–water partition coefficient (Wildman–Crippen LogP) is 6.04. The molecule has 0 aliphatic heterocycles. The first-order valence-electron chi connectivity index (χ1n) is 19.0. The van der Waals surface area contributed by atoms with E-state index in [0.29, 0.717) is 32.1 Å². The third-order valence-electron chi connectivity index (χ3n) is 10.0. The quantitative estimate of drug-likeness (QED) is 0.285. The fourth-order valence-corrected chi connectivity index (χ4v) is 6.61. The maximum absolute atomic E-state index is 13.1. The second kappa shape index (κ2) is 24.5. The monoisotopic (exact) mass is 712 g/mol. The van der Waals surface area contributed by atoms with Crippen LogP contribution in [0.2, 0.25) is 0 Å². The Labute approximate surface area is 301 Å². The Morgan fingerprint density at radius 2 is 0.471 bits per heavy atom. The maximum Gasteiger partial charge on any atom is 0.136 e. The topological polar surface area (TPSA) is 188 Å². The SMILES string of the molecule is O=C1CCCC(=O)CCC(=O)CCC(=O)C2CCCCCCC(CC(=O)CCC(=O)CCC(=O)CCC(=O)CC1)C(=O)CCC(=O)CCC(=O)C2. The Morgan fingerprint density at radius 1 is 0.235 bits per heavy atom. The van der Waals surface area contributed by atoms with Gasteiger partial charge in [0.05, 0.1) is 0 Å². The molecule has 2 fully saturated rings. The molecule has 0 heterocycles. The molecular formula is C40H56O11. The number of hydrogen-bond donors (Lipinski definition) is 0. The second-order valence-corrected chi connectivity index (χ2v) is 14.4. The number of fused-ring (bicyclic) bond motifs is 7. The summed E-state index contributed by atoms with van der Waals surface area (Å²) < 4.78 is 0. The van der Waals surface area contributed by atoms with E-state index in [4.69, 9.17) is 0 Å². The van der Waals surface area contributed by atoms with E-state index in [9.17, 15) is 52.7 Å². The molecule has 51 heavy (non-hydrogen) atoms. The lowest BCUT2D eigenvalue weighted by atomic mass is 9.85. The van der Waals surface area contributed by atoms with E-state index in [1.165, 1.54) is 0 Å². The van der Waals surface area contributed by atoms with Gasteiger partial charge in [-0.25, -0.2) is 0 Å². The van der Waals surface area contributed by atoms with Gasteiger partial charge >= 0.3 is 0 Å². The van der Waals surface area contributed by atoms with Crippen LogP contribution in [0.15, 0.2) is 0 Å². The lowest BCUT2D eigenvalue weighted by molar-refractivity contribution is -0.131. The van der Waals surface area contributed by atoms with Crippen molar-refractivity contribution in [2.45, 2.75) is 173 Å². The fraction of sp³-hybridized carbons (Fsp3) is 0.725. The molecule has 2 saturated carbocycles. The minimum Gasteiger partial charge on any atom is -0.300 e. The summed E-state index contributed by atoms with van der Waals surface area (Å²) in [5.74, 6) is -3.54.